The minimum atomic E-state index is -0.378. The molecule has 0 aliphatic carbocycles. The molecule has 0 aromatic carbocycles. The lowest BCUT2D eigenvalue weighted by atomic mass is 10.1. The number of methoxy groups -OCH3 is 1. The molecule has 1 aromatic rings. The summed E-state index contributed by atoms with van der Waals surface area (Å²) in [5.41, 5.74) is 7.58. The topological polar surface area (TPSA) is 104 Å². The fraction of sp³-hybridized carbons (Fsp3) is 0.500. The number of nitrogens with one attached hydrogen (secondary N) is 2. The predicted molar refractivity (Wildman–Crippen MR) is 81.2 cm³/mol. The van der Waals surface area contributed by atoms with E-state index in [0.717, 1.165) is 17.7 Å². The third-order valence-electron chi connectivity index (χ3n) is 3.03. The molecule has 4 N–H and O–H groups in total. The van der Waals surface area contributed by atoms with Crippen LogP contribution in [0.15, 0.2) is 18.3 Å². The number of urea groups is 1. The van der Waals surface area contributed by atoms with Crippen LogP contribution in [0.4, 0.5) is 4.79 Å². The number of amides is 2. The molecule has 1 aromatic heterocycles. The van der Waals surface area contributed by atoms with Crippen LogP contribution in [-0.4, -0.2) is 48.7 Å². The number of nitrogens with zero attached hydrogens (tertiary/aromatic N) is 2. The first-order chi connectivity index (χ1) is 10.1. The normalized spacial score (nSPS) is 10.2. The largest absolute Gasteiger partial charge is 0.383 e. The van der Waals surface area contributed by atoms with Gasteiger partial charge in [-0.1, -0.05) is 6.07 Å². The van der Waals surface area contributed by atoms with Gasteiger partial charge in [-0.15, -0.1) is 0 Å². The van der Waals surface area contributed by atoms with Gasteiger partial charge in [0, 0.05) is 32.1 Å². The van der Waals surface area contributed by atoms with E-state index in [2.05, 4.69) is 10.3 Å². The van der Waals surface area contributed by atoms with Crippen LogP contribution in [-0.2, 0) is 11.2 Å². The number of aromatic nitrogens is 1. The Bertz CT molecular complexity index is 478. The summed E-state index contributed by atoms with van der Waals surface area (Å²) >= 11 is 0. The molecule has 7 heteroatoms. The molecule has 0 unspecified atom stereocenters. The number of ether oxygens (including phenoxy) is 1. The maximum absolute atomic E-state index is 11.9. The molecule has 0 atom stereocenters. The molecule has 2 amide bonds. The summed E-state index contributed by atoms with van der Waals surface area (Å²) in [7, 11) is 1.56. The Morgan fingerprint density at radius 1 is 1.57 bits per heavy atom. The van der Waals surface area contributed by atoms with Crippen molar-refractivity contribution in [1.29, 1.82) is 5.41 Å². The van der Waals surface area contributed by atoms with Gasteiger partial charge in [0.15, 0.2) is 5.96 Å². The number of guanidine groups is 1. The van der Waals surface area contributed by atoms with Crippen molar-refractivity contribution in [1.82, 2.24) is 15.2 Å². The van der Waals surface area contributed by atoms with E-state index < -0.39 is 0 Å². The maximum Gasteiger partial charge on any atom is 0.324 e. The molecule has 116 valence electrons. The number of pyridine rings is 1. The minimum Gasteiger partial charge on any atom is -0.383 e. The molecule has 1 heterocycles. The number of carbonyl (C=O) groups is 1. The van der Waals surface area contributed by atoms with Gasteiger partial charge in [0.05, 0.1) is 6.61 Å². The molecule has 0 radical (unpaired) electrons. The summed E-state index contributed by atoms with van der Waals surface area (Å²) < 4.78 is 4.86. The monoisotopic (exact) mass is 293 g/mol. The highest BCUT2D eigenvalue weighted by molar-refractivity contribution is 5.93. The lowest BCUT2D eigenvalue weighted by Gasteiger charge is -2.21. The van der Waals surface area contributed by atoms with E-state index in [1.165, 1.54) is 4.90 Å². The summed E-state index contributed by atoms with van der Waals surface area (Å²) in [6.45, 7) is 3.19. The molecule has 0 aliphatic heterocycles. The van der Waals surface area contributed by atoms with Crippen molar-refractivity contribution in [3.8, 4) is 0 Å². The smallest absolute Gasteiger partial charge is 0.324 e. The number of rotatable bonds is 7. The minimum absolute atomic E-state index is 0.261. The lowest BCUT2D eigenvalue weighted by molar-refractivity contribution is 0.189. The summed E-state index contributed by atoms with van der Waals surface area (Å²) in [6, 6.07) is 3.52. The first-order valence-corrected chi connectivity index (χ1v) is 6.85. The average Bonchev–Trinajstić information content (AvgIpc) is 2.45. The van der Waals surface area contributed by atoms with E-state index >= 15 is 0 Å². The Hall–Kier alpha value is -2.15. The number of hydrogen-bond acceptors (Lipinski definition) is 4. The third-order valence-corrected chi connectivity index (χ3v) is 3.03. The summed E-state index contributed by atoms with van der Waals surface area (Å²) in [5, 5.41) is 10.1. The van der Waals surface area contributed by atoms with E-state index in [1.54, 1.807) is 13.3 Å². The molecular formula is C14H23N5O2. The fourth-order valence-corrected chi connectivity index (χ4v) is 1.87. The van der Waals surface area contributed by atoms with Gasteiger partial charge in [-0.25, -0.2) is 4.79 Å². The highest BCUT2D eigenvalue weighted by Crippen LogP contribution is 2.06. The van der Waals surface area contributed by atoms with Crippen molar-refractivity contribution in [2.24, 2.45) is 5.73 Å². The number of aryl methyl sites for hydroxylation is 2. The predicted octanol–water partition coefficient (Wildman–Crippen LogP) is 0.874. The van der Waals surface area contributed by atoms with Crippen LogP contribution in [0.2, 0.25) is 0 Å². The van der Waals surface area contributed by atoms with Crippen LogP contribution in [0.3, 0.4) is 0 Å². The lowest BCUT2D eigenvalue weighted by Crippen LogP contribution is -2.48. The van der Waals surface area contributed by atoms with Crippen LogP contribution in [0, 0.1) is 12.3 Å². The van der Waals surface area contributed by atoms with Gasteiger partial charge < -0.3 is 15.8 Å². The van der Waals surface area contributed by atoms with Gasteiger partial charge in [0.2, 0.25) is 0 Å². The Morgan fingerprint density at radius 2 is 2.33 bits per heavy atom. The molecule has 0 spiro atoms. The van der Waals surface area contributed by atoms with Crippen molar-refractivity contribution in [3.63, 3.8) is 0 Å². The van der Waals surface area contributed by atoms with Crippen LogP contribution >= 0.6 is 0 Å². The Labute approximate surface area is 125 Å². The summed E-state index contributed by atoms with van der Waals surface area (Å²) in [5.74, 6) is -0.261. The van der Waals surface area contributed by atoms with Gasteiger partial charge in [0.1, 0.15) is 0 Å². The second-order valence-corrected chi connectivity index (χ2v) is 4.63. The quantitative estimate of drug-likeness (QED) is 0.394. The molecule has 1 rings (SSSR count). The van der Waals surface area contributed by atoms with Crippen molar-refractivity contribution in [3.05, 3.63) is 29.6 Å². The standard InChI is InChI=1S/C14H23N5O2/c1-11-5-3-7-17-12(11)6-4-9-19(13(15)16)14(20)18-8-10-21-2/h3,5,7H,4,6,8-10H2,1-2H3,(H3,15,16)(H,18,20). The zero-order valence-electron chi connectivity index (χ0n) is 12.6. The van der Waals surface area contributed by atoms with E-state index in [1.807, 2.05) is 19.1 Å². The molecule has 0 fully saturated rings. The van der Waals surface area contributed by atoms with Crippen LogP contribution in [0.1, 0.15) is 17.7 Å². The summed E-state index contributed by atoms with van der Waals surface area (Å²) in [6.07, 6.45) is 3.18. The first kappa shape index (κ1) is 16.9. The van der Waals surface area contributed by atoms with E-state index in [9.17, 15) is 4.79 Å². The maximum atomic E-state index is 11.9. The Balaban J connectivity index is 2.46. The second kappa shape index (κ2) is 8.91. The highest BCUT2D eigenvalue weighted by Gasteiger charge is 2.15. The highest BCUT2D eigenvalue weighted by atomic mass is 16.5. The molecule has 0 saturated heterocycles. The fourth-order valence-electron chi connectivity index (χ4n) is 1.87. The zero-order chi connectivity index (χ0) is 15.7. The molecule has 0 aliphatic rings. The van der Waals surface area contributed by atoms with Crippen LogP contribution in [0.25, 0.3) is 0 Å². The molecule has 7 nitrogen and oxygen atoms in total. The summed E-state index contributed by atoms with van der Waals surface area (Å²) in [4.78, 5) is 17.4. The van der Waals surface area contributed by atoms with Crippen molar-refractivity contribution >= 4 is 12.0 Å². The zero-order valence-corrected chi connectivity index (χ0v) is 12.6. The number of hydrogen-bond donors (Lipinski definition) is 3. The van der Waals surface area contributed by atoms with Crippen molar-refractivity contribution in [2.75, 3.05) is 26.8 Å². The first-order valence-electron chi connectivity index (χ1n) is 6.85. The van der Waals surface area contributed by atoms with Gasteiger partial charge in [-0.3, -0.25) is 15.3 Å². The third kappa shape index (κ3) is 5.78. The molecular weight excluding hydrogens is 270 g/mol. The molecule has 21 heavy (non-hydrogen) atoms. The van der Waals surface area contributed by atoms with Crippen molar-refractivity contribution < 1.29 is 9.53 Å². The average molecular weight is 293 g/mol. The van der Waals surface area contributed by atoms with Gasteiger partial charge in [-0.05, 0) is 31.4 Å². The molecule has 0 bridgehead atoms. The SMILES string of the molecule is COCCNC(=O)N(CCCc1ncccc1C)C(=N)N. The Kier molecular flexibility index (Phi) is 7.17. The second-order valence-electron chi connectivity index (χ2n) is 4.63. The van der Waals surface area contributed by atoms with Crippen LogP contribution < -0.4 is 11.1 Å². The van der Waals surface area contributed by atoms with Crippen LogP contribution in [0.5, 0.6) is 0 Å². The van der Waals surface area contributed by atoms with Gasteiger partial charge in [0.25, 0.3) is 0 Å². The van der Waals surface area contributed by atoms with Crippen molar-refractivity contribution in [2.45, 2.75) is 19.8 Å². The van der Waals surface area contributed by atoms with Gasteiger partial charge >= 0.3 is 6.03 Å². The van der Waals surface area contributed by atoms with E-state index in [4.69, 9.17) is 15.9 Å². The number of carbonyl (C=O) groups excluding carboxylic acids is 1. The van der Waals surface area contributed by atoms with E-state index in [0.29, 0.717) is 26.1 Å². The van der Waals surface area contributed by atoms with E-state index in [-0.39, 0.29) is 12.0 Å². The van der Waals surface area contributed by atoms with Gasteiger partial charge in [-0.2, -0.15) is 0 Å². The Morgan fingerprint density at radius 3 is 2.95 bits per heavy atom. The number of nitrogens with two attached hydrogens (primary N) is 1. The molecule has 0 saturated carbocycles.